The SMILES string of the molecule is CCC(C)N(CCC(=O)N1CCCCC1)C(=O)Nc1cccc(Br)c1. The second-order valence-electron chi connectivity index (χ2n) is 6.58. The molecule has 3 amide bonds. The largest absolute Gasteiger partial charge is 0.343 e. The molecule has 1 N–H and O–H groups in total. The van der Waals surface area contributed by atoms with Crippen molar-refractivity contribution in [1.29, 1.82) is 0 Å². The number of carbonyl (C=O) groups is 2. The molecule has 0 spiro atoms. The number of anilines is 1. The first kappa shape index (κ1) is 19.8. The van der Waals surface area contributed by atoms with Crippen LogP contribution in [0.3, 0.4) is 0 Å². The van der Waals surface area contributed by atoms with Gasteiger partial charge in [-0.2, -0.15) is 0 Å². The summed E-state index contributed by atoms with van der Waals surface area (Å²) in [6, 6.07) is 7.45. The number of rotatable bonds is 6. The Bertz CT molecular complexity index is 588. The lowest BCUT2D eigenvalue weighted by Crippen LogP contribution is -2.44. The minimum Gasteiger partial charge on any atom is -0.343 e. The predicted molar refractivity (Wildman–Crippen MR) is 105 cm³/mol. The van der Waals surface area contributed by atoms with E-state index < -0.39 is 0 Å². The van der Waals surface area contributed by atoms with Crippen LogP contribution >= 0.6 is 15.9 Å². The Hall–Kier alpha value is -1.56. The number of piperidine rings is 1. The summed E-state index contributed by atoms with van der Waals surface area (Å²) in [6.45, 7) is 6.23. The molecular formula is C19H28BrN3O2. The number of amides is 3. The number of likely N-dealkylation sites (tertiary alicyclic amines) is 1. The molecule has 1 aromatic carbocycles. The van der Waals surface area contributed by atoms with Gasteiger partial charge in [0.05, 0.1) is 0 Å². The van der Waals surface area contributed by atoms with E-state index in [0.717, 1.165) is 42.5 Å². The quantitative estimate of drug-likeness (QED) is 0.752. The normalized spacial score (nSPS) is 15.6. The van der Waals surface area contributed by atoms with Crippen LogP contribution in [-0.4, -0.2) is 47.4 Å². The van der Waals surface area contributed by atoms with Gasteiger partial charge in [0.15, 0.2) is 0 Å². The molecule has 1 heterocycles. The fourth-order valence-electron chi connectivity index (χ4n) is 3.02. The standard InChI is InChI=1S/C19H28BrN3O2/c1-3-15(2)23(13-10-18(24)22-11-5-4-6-12-22)19(25)21-17-9-7-8-16(20)14-17/h7-9,14-15H,3-6,10-13H2,1-2H3,(H,21,25). The average molecular weight is 410 g/mol. The summed E-state index contributed by atoms with van der Waals surface area (Å²) >= 11 is 3.41. The molecule has 6 heteroatoms. The van der Waals surface area contributed by atoms with Crippen LogP contribution in [0.2, 0.25) is 0 Å². The van der Waals surface area contributed by atoms with Gasteiger partial charge < -0.3 is 15.1 Å². The van der Waals surface area contributed by atoms with Crippen LogP contribution in [0.5, 0.6) is 0 Å². The molecular weight excluding hydrogens is 382 g/mol. The molecule has 1 aromatic rings. The molecule has 1 aliphatic rings. The molecule has 0 bridgehead atoms. The summed E-state index contributed by atoms with van der Waals surface area (Å²) in [5.74, 6) is 0.156. The van der Waals surface area contributed by atoms with E-state index in [9.17, 15) is 9.59 Å². The topological polar surface area (TPSA) is 52.7 Å². The van der Waals surface area contributed by atoms with Crippen LogP contribution in [0.1, 0.15) is 46.0 Å². The van der Waals surface area contributed by atoms with Gasteiger partial charge in [0.25, 0.3) is 0 Å². The van der Waals surface area contributed by atoms with Crippen molar-refractivity contribution in [2.75, 3.05) is 25.0 Å². The molecule has 0 radical (unpaired) electrons. The van der Waals surface area contributed by atoms with Crippen LogP contribution in [0.25, 0.3) is 0 Å². The lowest BCUT2D eigenvalue weighted by atomic mass is 10.1. The van der Waals surface area contributed by atoms with E-state index in [4.69, 9.17) is 0 Å². The van der Waals surface area contributed by atoms with E-state index in [1.54, 1.807) is 4.90 Å². The zero-order chi connectivity index (χ0) is 18.2. The third-order valence-electron chi connectivity index (χ3n) is 4.73. The first-order valence-electron chi connectivity index (χ1n) is 9.12. The van der Waals surface area contributed by atoms with Crippen molar-refractivity contribution in [3.05, 3.63) is 28.7 Å². The zero-order valence-corrected chi connectivity index (χ0v) is 16.7. The van der Waals surface area contributed by atoms with Gasteiger partial charge in [-0.3, -0.25) is 4.79 Å². The molecule has 0 aliphatic carbocycles. The first-order valence-corrected chi connectivity index (χ1v) is 9.91. The number of carbonyl (C=O) groups excluding carboxylic acids is 2. The van der Waals surface area contributed by atoms with Crippen LogP contribution in [-0.2, 0) is 4.79 Å². The monoisotopic (exact) mass is 409 g/mol. The fourth-order valence-corrected chi connectivity index (χ4v) is 3.42. The van der Waals surface area contributed by atoms with E-state index in [1.165, 1.54) is 6.42 Å². The highest BCUT2D eigenvalue weighted by Gasteiger charge is 2.22. The second-order valence-corrected chi connectivity index (χ2v) is 7.50. The molecule has 138 valence electrons. The number of urea groups is 1. The van der Waals surface area contributed by atoms with Gasteiger partial charge in [-0.15, -0.1) is 0 Å². The third kappa shape index (κ3) is 6.03. The Balaban J connectivity index is 1.95. The number of benzene rings is 1. The lowest BCUT2D eigenvalue weighted by molar-refractivity contribution is -0.132. The van der Waals surface area contributed by atoms with Gasteiger partial charge in [-0.1, -0.05) is 28.9 Å². The number of nitrogens with one attached hydrogen (secondary N) is 1. The zero-order valence-electron chi connectivity index (χ0n) is 15.1. The Morgan fingerprint density at radius 2 is 2.00 bits per heavy atom. The minimum absolute atomic E-state index is 0.0845. The first-order chi connectivity index (χ1) is 12.0. The van der Waals surface area contributed by atoms with Crippen LogP contribution < -0.4 is 5.32 Å². The second kappa shape index (κ2) is 9.80. The summed E-state index contributed by atoms with van der Waals surface area (Å²) in [5, 5.41) is 2.93. The Morgan fingerprint density at radius 3 is 2.64 bits per heavy atom. The van der Waals surface area contributed by atoms with Crippen LogP contribution in [0.15, 0.2) is 28.7 Å². The molecule has 0 saturated carbocycles. The molecule has 1 fully saturated rings. The van der Waals surface area contributed by atoms with Crippen LogP contribution in [0, 0.1) is 0 Å². The van der Waals surface area contributed by atoms with Crippen molar-refractivity contribution in [2.45, 2.75) is 52.0 Å². The maximum atomic E-state index is 12.7. The van der Waals surface area contributed by atoms with Gasteiger partial charge in [0, 0.05) is 42.3 Å². The molecule has 25 heavy (non-hydrogen) atoms. The number of halogens is 1. The van der Waals surface area contributed by atoms with Crippen molar-refractivity contribution in [3.8, 4) is 0 Å². The highest BCUT2D eigenvalue weighted by molar-refractivity contribution is 9.10. The highest BCUT2D eigenvalue weighted by atomic mass is 79.9. The molecule has 1 unspecified atom stereocenters. The predicted octanol–water partition coefficient (Wildman–Crippen LogP) is 4.48. The Kier molecular flexibility index (Phi) is 7.75. The number of hydrogen-bond acceptors (Lipinski definition) is 2. The van der Waals surface area contributed by atoms with Gasteiger partial charge in [-0.25, -0.2) is 4.79 Å². The Morgan fingerprint density at radius 1 is 1.28 bits per heavy atom. The summed E-state index contributed by atoms with van der Waals surface area (Å²) in [5.41, 5.74) is 0.745. The molecule has 0 aromatic heterocycles. The van der Waals surface area contributed by atoms with Crippen molar-refractivity contribution in [1.82, 2.24) is 9.80 Å². The van der Waals surface area contributed by atoms with Crippen molar-refractivity contribution in [3.63, 3.8) is 0 Å². The van der Waals surface area contributed by atoms with Crippen LogP contribution in [0.4, 0.5) is 10.5 Å². The Labute approximate surface area is 158 Å². The molecule has 1 aliphatic heterocycles. The average Bonchev–Trinajstić information content (AvgIpc) is 2.62. The smallest absolute Gasteiger partial charge is 0.322 e. The maximum Gasteiger partial charge on any atom is 0.322 e. The summed E-state index contributed by atoms with van der Waals surface area (Å²) in [4.78, 5) is 28.8. The van der Waals surface area contributed by atoms with Crippen molar-refractivity contribution in [2.24, 2.45) is 0 Å². The highest BCUT2D eigenvalue weighted by Crippen LogP contribution is 2.17. The van der Waals surface area contributed by atoms with E-state index >= 15 is 0 Å². The number of nitrogens with zero attached hydrogens (tertiary/aromatic N) is 2. The van der Waals surface area contributed by atoms with E-state index in [-0.39, 0.29) is 18.0 Å². The van der Waals surface area contributed by atoms with Gasteiger partial charge in [0.2, 0.25) is 5.91 Å². The van der Waals surface area contributed by atoms with E-state index in [1.807, 2.05) is 36.1 Å². The molecule has 5 nitrogen and oxygen atoms in total. The summed E-state index contributed by atoms with van der Waals surface area (Å²) < 4.78 is 0.917. The number of hydrogen-bond donors (Lipinski definition) is 1. The van der Waals surface area contributed by atoms with E-state index in [2.05, 4.69) is 28.2 Å². The van der Waals surface area contributed by atoms with Gasteiger partial charge in [-0.05, 0) is 50.8 Å². The van der Waals surface area contributed by atoms with Crippen molar-refractivity contribution < 1.29 is 9.59 Å². The lowest BCUT2D eigenvalue weighted by Gasteiger charge is -2.31. The molecule has 1 saturated heterocycles. The van der Waals surface area contributed by atoms with E-state index in [0.29, 0.717) is 13.0 Å². The van der Waals surface area contributed by atoms with Crippen molar-refractivity contribution >= 4 is 33.6 Å². The fraction of sp³-hybridized carbons (Fsp3) is 0.579. The van der Waals surface area contributed by atoms with Gasteiger partial charge in [0.1, 0.15) is 0 Å². The summed E-state index contributed by atoms with van der Waals surface area (Å²) in [7, 11) is 0. The minimum atomic E-state index is -0.154. The third-order valence-corrected chi connectivity index (χ3v) is 5.23. The summed E-state index contributed by atoms with van der Waals surface area (Å²) in [6.07, 6.45) is 4.62. The van der Waals surface area contributed by atoms with Gasteiger partial charge >= 0.3 is 6.03 Å². The molecule has 2 rings (SSSR count). The maximum absolute atomic E-state index is 12.7. The molecule has 1 atom stereocenters.